The third-order valence-corrected chi connectivity index (χ3v) is 3.36. The predicted octanol–water partition coefficient (Wildman–Crippen LogP) is 2.12. The number of imidazole rings is 1. The Kier molecular flexibility index (Phi) is 3.65. The van der Waals surface area contributed by atoms with E-state index in [1.54, 1.807) is 0 Å². The zero-order chi connectivity index (χ0) is 14.2. The minimum atomic E-state index is -0.491. The highest BCUT2D eigenvalue weighted by Gasteiger charge is 2.21. The van der Waals surface area contributed by atoms with Crippen LogP contribution in [0.1, 0.15) is 38.3 Å². The smallest absolute Gasteiger partial charge is 0.115 e. The van der Waals surface area contributed by atoms with Crippen LogP contribution in [0.15, 0.2) is 18.2 Å². The van der Waals surface area contributed by atoms with E-state index in [9.17, 15) is 5.11 Å². The van der Waals surface area contributed by atoms with Crippen LogP contribution in [0.25, 0.3) is 11.0 Å². The fraction of sp³-hybridized carbons (Fsp3) is 0.533. The number of rotatable bonds is 3. The van der Waals surface area contributed by atoms with Crippen LogP contribution in [0, 0.1) is 0 Å². The van der Waals surface area contributed by atoms with Crippen molar-refractivity contribution < 1.29 is 5.11 Å². The molecule has 1 atom stereocenters. The van der Waals surface area contributed by atoms with Crippen LogP contribution < -0.4 is 5.32 Å². The van der Waals surface area contributed by atoms with Crippen molar-refractivity contribution in [2.75, 3.05) is 13.6 Å². The second-order valence-electron chi connectivity index (χ2n) is 6.07. The fourth-order valence-electron chi connectivity index (χ4n) is 2.41. The molecule has 2 N–H and O–H groups in total. The second kappa shape index (κ2) is 4.94. The van der Waals surface area contributed by atoms with Crippen molar-refractivity contribution in [2.24, 2.45) is 7.05 Å². The van der Waals surface area contributed by atoms with Gasteiger partial charge in [0.15, 0.2) is 0 Å². The van der Waals surface area contributed by atoms with Gasteiger partial charge in [0.2, 0.25) is 0 Å². The highest BCUT2D eigenvalue weighted by molar-refractivity contribution is 5.77. The molecule has 0 spiro atoms. The summed E-state index contributed by atoms with van der Waals surface area (Å²) in [4.78, 5) is 4.72. The molecule has 0 aliphatic rings. The molecule has 0 saturated heterocycles. The van der Waals surface area contributed by atoms with E-state index in [2.05, 4.69) is 30.7 Å². The van der Waals surface area contributed by atoms with Gasteiger partial charge < -0.3 is 15.0 Å². The number of hydrogen-bond donors (Lipinski definition) is 2. The van der Waals surface area contributed by atoms with Gasteiger partial charge in [-0.25, -0.2) is 4.98 Å². The van der Waals surface area contributed by atoms with E-state index in [0.717, 1.165) is 22.4 Å². The number of hydrogen-bond acceptors (Lipinski definition) is 3. The number of benzene rings is 1. The quantitative estimate of drug-likeness (QED) is 0.890. The van der Waals surface area contributed by atoms with Crippen LogP contribution in [-0.2, 0) is 12.5 Å². The number of aliphatic hydroxyl groups excluding tert-OH is 1. The summed E-state index contributed by atoms with van der Waals surface area (Å²) < 4.78 is 2.13. The van der Waals surface area contributed by atoms with E-state index < -0.39 is 6.10 Å². The molecule has 1 aromatic heterocycles. The summed E-state index contributed by atoms with van der Waals surface area (Å²) in [5, 5.41) is 13.0. The van der Waals surface area contributed by atoms with Crippen molar-refractivity contribution >= 4 is 11.0 Å². The van der Waals surface area contributed by atoms with E-state index >= 15 is 0 Å². The average molecular weight is 261 g/mol. The molecule has 104 valence electrons. The van der Waals surface area contributed by atoms with E-state index in [-0.39, 0.29) is 5.41 Å². The molecule has 4 nitrogen and oxygen atoms in total. The third kappa shape index (κ3) is 2.65. The summed E-state index contributed by atoms with van der Waals surface area (Å²) >= 11 is 0. The topological polar surface area (TPSA) is 50.1 Å². The van der Waals surface area contributed by atoms with Crippen molar-refractivity contribution in [2.45, 2.75) is 32.3 Å². The molecule has 2 rings (SSSR count). The Morgan fingerprint density at radius 1 is 1.37 bits per heavy atom. The standard InChI is InChI=1S/C15H23N3O/c1-15(2,3)14-17-11-8-10(13(19)9-16-4)6-7-12(11)18(14)5/h6-8,13,16,19H,9H2,1-5H3. The lowest BCUT2D eigenvalue weighted by molar-refractivity contribution is 0.178. The number of nitrogens with one attached hydrogen (secondary N) is 1. The summed E-state index contributed by atoms with van der Waals surface area (Å²) in [7, 11) is 3.87. The molecular formula is C15H23N3O. The van der Waals surface area contributed by atoms with E-state index in [0.29, 0.717) is 6.54 Å². The number of nitrogens with zero attached hydrogens (tertiary/aromatic N) is 2. The molecular weight excluding hydrogens is 238 g/mol. The van der Waals surface area contributed by atoms with Crippen LogP contribution in [0.2, 0.25) is 0 Å². The van der Waals surface area contributed by atoms with Gasteiger partial charge in [-0.15, -0.1) is 0 Å². The Hall–Kier alpha value is -1.39. The lowest BCUT2D eigenvalue weighted by Gasteiger charge is -2.17. The predicted molar refractivity (Wildman–Crippen MR) is 78.3 cm³/mol. The van der Waals surface area contributed by atoms with Gasteiger partial charge in [-0.1, -0.05) is 26.8 Å². The molecule has 1 aromatic carbocycles. The molecule has 1 unspecified atom stereocenters. The van der Waals surface area contributed by atoms with Gasteiger partial charge in [-0.05, 0) is 24.7 Å². The SMILES string of the molecule is CNCC(O)c1ccc2c(c1)nc(C(C)(C)C)n2C. The number of aliphatic hydroxyl groups is 1. The third-order valence-electron chi connectivity index (χ3n) is 3.36. The maximum Gasteiger partial charge on any atom is 0.115 e. The van der Waals surface area contributed by atoms with Gasteiger partial charge >= 0.3 is 0 Å². The van der Waals surface area contributed by atoms with Gasteiger partial charge in [0.05, 0.1) is 17.1 Å². The zero-order valence-corrected chi connectivity index (χ0v) is 12.4. The Morgan fingerprint density at radius 2 is 2.05 bits per heavy atom. The van der Waals surface area contributed by atoms with Crippen molar-refractivity contribution in [3.63, 3.8) is 0 Å². The molecule has 0 saturated carbocycles. The normalized spacial score (nSPS) is 14.0. The van der Waals surface area contributed by atoms with Crippen LogP contribution in [0.4, 0.5) is 0 Å². The monoisotopic (exact) mass is 261 g/mol. The van der Waals surface area contributed by atoms with Crippen molar-refractivity contribution in [3.05, 3.63) is 29.6 Å². The molecule has 0 bridgehead atoms. The first kappa shape index (κ1) is 14.0. The largest absolute Gasteiger partial charge is 0.387 e. The van der Waals surface area contributed by atoms with Crippen molar-refractivity contribution in [1.82, 2.24) is 14.9 Å². The Bertz CT molecular complexity index is 581. The maximum absolute atomic E-state index is 10.0. The van der Waals surface area contributed by atoms with Crippen LogP contribution in [0.3, 0.4) is 0 Å². The zero-order valence-electron chi connectivity index (χ0n) is 12.4. The fourth-order valence-corrected chi connectivity index (χ4v) is 2.41. The number of aromatic nitrogens is 2. The molecule has 1 heterocycles. The van der Waals surface area contributed by atoms with Gasteiger partial charge in [0.25, 0.3) is 0 Å². The molecule has 0 radical (unpaired) electrons. The molecule has 0 fully saturated rings. The average Bonchev–Trinajstić information content (AvgIpc) is 2.66. The second-order valence-corrected chi connectivity index (χ2v) is 6.07. The molecule has 4 heteroatoms. The minimum absolute atomic E-state index is 0.0114. The Balaban J connectivity index is 2.50. The van der Waals surface area contributed by atoms with Crippen LogP contribution >= 0.6 is 0 Å². The summed E-state index contributed by atoms with van der Waals surface area (Å²) in [5.41, 5.74) is 2.96. The number of aryl methyl sites for hydroxylation is 1. The Morgan fingerprint density at radius 3 is 2.63 bits per heavy atom. The molecule has 2 aromatic rings. The first-order valence-corrected chi connectivity index (χ1v) is 6.64. The first-order valence-electron chi connectivity index (χ1n) is 6.64. The molecule has 0 aliphatic carbocycles. The summed E-state index contributed by atoms with van der Waals surface area (Å²) in [6, 6.07) is 5.98. The van der Waals surface area contributed by atoms with Crippen LogP contribution in [0.5, 0.6) is 0 Å². The van der Waals surface area contributed by atoms with Gasteiger partial charge in [-0.2, -0.15) is 0 Å². The van der Waals surface area contributed by atoms with Gasteiger partial charge in [0.1, 0.15) is 5.82 Å². The minimum Gasteiger partial charge on any atom is -0.387 e. The number of fused-ring (bicyclic) bond motifs is 1. The lowest BCUT2D eigenvalue weighted by Crippen LogP contribution is -2.17. The van der Waals surface area contributed by atoms with Crippen molar-refractivity contribution in [1.29, 1.82) is 0 Å². The highest BCUT2D eigenvalue weighted by atomic mass is 16.3. The molecule has 0 aliphatic heterocycles. The van der Waals surface area contributed by atoms with Crippen molar-refractivity contribution in [3.8, 4) is 0 Å². The first-order chi connectivity index (χ1) is 8.84. The lowest BCUT2D eigenvalue weighted by atomic mass is 9.96. The number of likely N-dealkylation sites (N-methyl/N-ethyl adjacent to an activating group) is 1. The van der Waals surface area contributed by atoms with Gasteiger partial charge in [0, 0.05) is 19.0 Å². The summed E-state index contributed by atoms with van der Waals surface area (Å²) in [6.45, 7) is 7.02. The maximum atomic E-state index is 10.0. The molecule has 0 amide bonds. The van der Waals surface area contributed by atoms with E-state index in [1.165, 1.54) is 0 Å². The summed E-state index contributed by atoms with van der Waals surface area (Å²) in [6.07, 6.45) is -0.491. The van der Waals surface area contributed by atoms with E-state index in [4.69, 9.17) is 4.98 Å². The molecule has 19 heavy (non-hydrogen) atoms. The van der Waals surface area contributed by atoms with Gasteiger partial charge in [-0.3, -0.25) is 0 Å². The van der Waals surface area contributed by atoms with E-state index in [1.807, 2.05) is 32.3 Å². The summed E-state index contributed by atoms with van der Waals surface area (Å²) in [5.74, 6) is 1.06. The highest BCUT2D eigenvalue weighted by Crippen LogP contribution is 2.27. The van der Waals surface area contributed by atoms with Crippen LogP contribution in [-0.4, -0.2) is 28.3 Å². The Labute approximate surface area is 114 Å².